The first-order valence-corrected chi connectivity index (χ1v) is 5.14. The molecule has 6 nitrogen and oxygen atoms in total. The minimum Gasteiger partial charge on any atom is -0.508 e. The number of carbonyl (C=O) groups excluding carboxylic acids is 1. The molecule has 0 spiro atoms. The monoisotopic (exact) mass is 242 g/mol. The van der Waals surface area contributed by atoms with E-state index in [9.17, 15) is 9.90 Å². The third kappa shape index (κ3) is 2.15. The van der Waals surface area contributed by atoms with Gasteiger partial charge < -0.3 is 10.4 Å². The van der Waals surface area contributed by atoms with Gasteiger partial charge in [-0.2, -0.15) is 10.4 Å². The van der Waals surface area contributed by atoms with E-state index in [1.807, 2.05) is 6.07 Å². The van der Waals surface area contributed by atoms with Gasteiger partial charge in [-0.05, 0) is 18.2 Å². The molecule has 18 heavy (non-hydrogen) atoms. The number of aromatic hydroxyl groups is 1. The SMILES string of the molecule is Cn1ncc(C#N)c1NC(=O)c1cccc(O)c1. The number of nitriles is 1. The number of phenols is 1. The maximum absolute atomic E-state index is 11.9. The molecule has 0 saturated carbocycles. The highest BCUT2D eigenvalue weighted by atomic mass is 16.3. The fraction of sp³-hybridized carbons (Fsp3) is 0.0833. The summed E-state index contributed by atoms with van der Waals surface area (Å²) in [7, 11) is 1.62. The molecule has 0 aliphatic heterocycles. The molecule has 0 fully saturated rings. The Labute approximate surface area is 103 Å². The number of aryl methyl sites for hydroxylation is 1. The molecule has 1 aromatic heterocycles. The summed E-state index contributed by atoms with van der Waals surface area (Å²) in [4.78, 5) is 11.9. The minimum atomic E-state index is -0.411. The number of rotatable bonds is 2. The summed E-state index contributed by atoms with van der Waals surface area (Å²) in [6.45, 7) is 0. The van der Waals surface area contributed by atoms with E-state index in [0.29, 0.717) is 11.4 Å². The van der Waals surface area contributed by atoms with E-state index in [-0.39, 0.29) is 11.3 Å². The number of amides is 1. The zero-order valence-electron chi connectivity index (χ0n) is 9.58. The summed E-state index contributed by atoms with van der Waals surface area (Å²) in [6, 6.07) is 7.89. The number of nitrogens with zero attached hydrogens (tertiary/aromatic N) is 3. The highest BCUT2D eigenvalue weighted by Crippen LogP contribution is 2.16. The van der Waals surface area contributed by atoms with Crippen LogP contribution in [-0.2, 0) is 7.05 Å². The van der Waals surface area contributed by atoms with Gasteiger partial charge in [0.25, 0.3) is 5.91 Å². The topological polar surface area (TPSA) is 90.9 Å². The van der Waals surface area contributed by atoms with Gasteiger partial charge in [-0.3, -0.25) is 9.48 Å². The summed E-state index contributed by atoms with van der Waals surface area (Å²) in [5.41, 5.74) is 0.589. The Morgan fingerprint density at radius 2 is 2.33 bits per heavy atom. The van der Waals surface area contributed by atoms with Crippen LogP contribution in [0.15, 0.2) is 30.5 Å². The first kappa shape index (κ1) is 11.7. The van der Waals surface area contributed by atoms with Crippen LogP contribution < -0.4 is 5.32 Å². The van der Waals surface area contributed by atoms with Gasteiger partial charge in [-0.25, -0.2) is 0 Å². The number of benzene rings is 1. The van der Waals surface area contributed by atoms with Gasteiger partial charge in [-0.1, -0.05) is 6.07 Å². The number of anilines is 1. The van der Waals surface area contributed by atoms with Crippen LogP contribution in [0.4, 0.5) is 5.82 Å². The summed E-state index contributed by atoms with van der Waals surface area (Å²) in [5, 5.41) is 24.6. The van der Waals surface area contributed by atoms with Gasteiger partial charge in [0.2, 0.25) is 0 Å². The Hall–Kier alpha value is -2.81. The van der Waals surface area contributed by atoms with Gasteiger partial charge in [-0.15, -0.1) is 0 Å². The average Bonchev–Trinajstić information content (AvgIpc) is 2.70. The minimum absolute atomic E-state index is 0.00756. The van der Waals surface area contributed by atoms with Gasteiger partial charge in [0.1, 0.15) is 23.2 Å². The number of hydrogen-bond acceptors (Lipinski definition) is 4. The molecule has 0 aliphatic rings. The molecule has 0 saturated heterocycles. The summed E-state index contributed by atoms with van der Waals surface area (Å²) < 4.78 is 1.40. The van der Waals surface area contributed by atoms with Crippen molar-refractivity contribution in [2.24, 2.45) is 7.05 Å². The summed E-state index contributed by atoms with van der Waals surface area (Å²) in [6.07, 6.45) is 1.37. The highest BCUT2D eigenvalue weighted by molar-refractivity contribution is 6.04. The molecule has 1 heterocycles. The Balaban J connectivity index is 2.27. The number of phenolic OH excluding ortho intramolecular Hbond substituents is 1. The standard InChI is InChI=1S/C12H10N4O2/c1-16-11(9(6-13)7-14-16)15-12(18)8-3-2-4-10(17)5-8/h2-5,7,17H,1H3,(H,15,18). The summed E-state index contributed by atoms with van der Waals surface area (Å²) in [5.74, 6) is -0.0787. The van der Waals surface area contributed by atoms with Crippen LogP contribution in [-0.4, -0.2) is 20.8 Å². The van der Waals surface area contributed by atoms with Gasteiger partial charge >= 0.3 is 0 Å². The molecule has 1 aromatic carbocycles. The van der Waals surface area contributed by atoms with E-state index in [1.54, 1.807) is 19.2 Å². The van der Waals surface area contributed by atoms with Crippen molar-refractivity contribution in [3.05, 3.63) is 41.6 Å². The van der Waals surface area contributed by atoms with Gasteiger partial charge in [0.15, 0.2) is 0 Å². The number of nitrogens with one attached hydrogen (secondary N) is 1. The van der Waals surface area contributed by atoms with Crippen LogP contribution in [0.2, 0.25) is 0 Å². The van der Waals surface area contributed by atoms with Crippen molar-refractivity contribution >= 4 is 11.7 Å². The Morgan fingerprint density at radius 1 is 1.56 bits per heavy atom. The molecule has 0 atom stereocenters. The normalized spacial score (nSPS) is 9.78. The van der Waals surface area contributed by atoms with E-state index in [0.717, 1.165) is 0 Å². The second kappa shape index (κ2) is 4.59. The third-order valence-corrected chi connectivity index (χ3v) is 2.40. The number of aromatic nitrogens is 2. The Kier molecular flexibility index (Phi) is 2.98. The quantitative estimate of drug-likeness (QED) is 0.829. The Morgan fingerprint density at radius 3 is 3.00 bits per heavy atom. The average molecular weight is 242 g/mol. The lowest BCUT2D eigenvalue weighted by atomic mass is 10.2. The molecular weight excluding hydrogens is 232 g/mol. The van der Waals surface area contributed by atoms with Crippen LogP contribution >= 0.6 is 0 Å². The lowest BCUT2D eigenvalue weighted by molar-refractivity contribution is 0.102. The lowest BCUT2D eigenvalue weighted by Gasteiger charge is -2.06. The van der Waals surface area contributed by atoms with E-state index in [4.69, 9.17) is 5.26 Å². The molecule has 0 unspecified atom stereocenters. The lowest BCUT2D eigenvalue weighted by Crippen LogP contribution is -2.15. The Bertz CT molecular complexity index is 640. The maximum atomic E-state index is 11.9. The molecule has 2 N–H and O–H groups in total. The summed E-state index contributed by atoms with van der Waals surface area (Å²) >= 11 is 0. The van der Waals surface area contributed by atoms with Gasteiger partial charge in [0, 0.05) is 12.6 Å². The molecule has 0 aliphatic carbocycles. The van der Waals surface area contributed by atoms with Crippen LogP contribution in [0.5, 0.6) is 5.75 Å². The van der Waals surface area contributed by atoms with Crippen molar-refractivity contribution < 1.29 is 9.90 Å². The number of hydrogen-bond donors (Lipinski definition) is 2. The fourth-order valence-corrected chi connectivity index (χ4v) is 1.49. The fourth-order valence-electron chi connectivity index (χ4n) is 1.49. The number of carbonyl (C=O) groups is 1. The molecule has 0 radical (unpaired) electrons. The van der Waals surface area contributed by atoms with Crippen LogP contribution in [0.25, 0.3) is 0 Å². The van der Waals surface area contributed by atoms with Crippen molar-refractivity contribution in [1.29, 1.82) is 5.26 Å². The second-order valence-corrected chi connectivity index (χ2v) is 3.65. The third-order valence-electron chi connectivity index (χ3n) is 2.40. The van der Waals surface area contributed by atoms with E-state index in [1.165, 1.54) is 23.0 Å². The van der Waals surface area contributed by atoms with E-state index in [2.05, 4.69) is 10.4 Å². The first-order valence-electron chi connectivity index (χ1n) is 5.14. The van der Waals surface area contributed by atoms with Crippen LogP contribution in [0.3, 0.4) is 0 Å². The molecule has 2 aromatic rings. The molecule has 2 rings (SSSR count). The van der Waals surface area contributed by atoms with Crippen LogP contribution in [0.1, 0.15) is 15.9 Å². The van der Waals surface area contributed by atoms with Gasteiger partial charge in [0.05, 0.1) is 6.20 Å². The first-order chi connectivity index (χ1) is 8.61. The predicted molar refractivity (Wildman–Crippen MR) is 64.0 cm³/mol. The molecule has 90 valence electrons. The predicted octanol–water partition coefficient (Wildman–Crippen LogP) is 1.25. The molecular formula is C12H10N4O2. The van der Waals surface area contributed by atoms with E-state index >= 15 is 0 Å². The molecule has 1 amide bonds. The smallest absolute Gasteiger partial charge is 0.256 e. The van der Waals surface area contributed by atoms with Crippen LogP contribution in [0, 0.1) is 11.3 Å². The highest BCUT2D eigenvalue weighted by Gasteiger charge is 2.13. The van der Waals surface area contributed by atoms with Crippen molar-refractivity contribution in [2.75, 3.05) is 5.32 Å². The maximum Gasteiger partial charge on any atom is 0.256 e. The zero-order valence-corrected chi connectivity index (χ0v) is 9.58. The zero-order chi connectivity index (χ0) is 13.1. The van der Waals surface area contributed by atoms with Crippen molar-refractivity contribution in [3.8, 4) is 11.8 Å². The van der Waals surface area contributed by atoms with E-state index < -0.39 is 5.91 Å². The molecule has 6 heteroatoms. The van der Waals surface area contributed by atoms with Crippen molar-refractivity contribution in [2.45, 2.75) is 0 Å². The largest absolute Gasteiger partial charge is 0.508 e. The van der Waals surface area contributed by atoms with Crippen molar-refractivity contribution in [3.63, 3.8) is 0 Å². The van der Waals surface area contributed by atoms with Crippen molar-refractivity contribution in [1.82, 2.24) is 9.78 Å². The second-order valence-electron chi connectivity index (χ2n) is 3.65. The molecule has 0 bridgehead atoms.